The van der Waals surface area contributed by atoms with Gasteiger partial charge >= 0.3 is 16.1 Å². The Bertz CT molecular complexity index is 1670. The van der Waals surface area contributed by atoms with Crippen molar-refractivity contribution in [2.24, 2.45) is 0 Å². The Morgan fingerprint density at radius 1 is 0.921 bits per heavy atom. The van der Waals surface area contributed by atoms with Crippen LogP contribution in [0.2, 0.25) is 0 Å². The minimum Gasteiger partial charge on any atom is -0.462 e. The summed E-state index contributed by atoms with van der Waals surface area (Å²) in [4.78, 5) is 24.4. The van der Waals surface area contributed by atoms with Gasteiger partial charge in [0.1, 0.15) is 22.3 Å². The fraction of sp³-hybridized carbons (Fsp3) is 0.0690. The lowest BCUT2D eigenvalue weighted by Gasteiger charge is -2.08. The van der Waals surface area contributed by atoms with Crippen LogP contribution in [0, 0.1) is 11.3 Å². The van der Waals surface area contributed by atoms with Crippen molar-refractivity contribution in [3.63, 3.8) is 0 Å². The van der Waals surface area contributed by atoms with Crippen molar-refractivity contribution in [2.45, 2.75) is 11.8 Å². The monoisotopic (exact) mass is 526 g/mol. The fourth-order valence-electron chi connectivity index (χ4n) is 3.54. The summed E-state index contributed by atoms with van der Waals surface area (Å²) in [7, 11) is -4.07. The van der Waals surface area contributed by atoms with E-state index >= 15 is 0 Å². The summed E-state index contributed by atoms with van der Waals surface area (Å²) in [5.41, 5.74) is 1.06. The van der Waals surface area contributed by atoms with Gasteiger partial charge in [-0.2, -0.15) is 13.7 Å². The smallest absolute Gasteiger partial charge is 0.339 e. The van der Waals surface area contributed by atoms with Crippen LogP contribution in [-0.2, 0) is 19.6 Å². The first-order valence-electron chi connectivity index (χ1n) is 11.5. The van der Waals surface area contributed by atoms with Gasteiger partial charge in [-0.25, -0.2) is 4.79 Å². The molecule has 0 aliphatic carbocycles. The number of anilines is 1. The van der Waals surface area contributed by atoms with Crippen molar-refractivity contribution >= 4 is 44.5 Å². The van der Waals surface area contributed by atoms with E-state index in [1.54, 1.807) is 19.1 Å². The molecule has 0 unspecified atom stereocenters. The summed E-state index contributed by atoms with van der Waals surface area (Å²) >= 11 is 0. The van der Waals surface area contributed by atoms with Crippen LogP contribution in [0.3, 0.4) is 0 Å². The molecule has 4 rings (SSSR count). The molecule has 0 atom stereocenters. The normalized spacial score (nSPS) is 11.4. The maximum absolute atomic E-state index is 12.8. The fourth-order valence-corrected chi connectivity index (χ4v) is 4.50. The van der Waals surface area contributed by atoms with Crippen LogP contribution in [0.1, 0.15) is 22.8 Å². The van der Waals surface area contributed by atoms with Crippen molar-refractivity contribution in [2.75, 3.05) is 11.9 Å². The number of hydrogen-bond acceptors (Lipinski definition) is 7. The standard InChI is InChI=1S/C29H22N2O6S/c1-2-36-29(33)22-9-12-25(13-10-22)31-28(32)24(19-30)17-20-7-14-26(15-8-20)37-38(34,35)27-16-11-21-5-3-4-6-23(21)18-27/h3-18H,2H2,1H3,(H,31,32)/b24-17+. The van der Waals surface area contributed by atoms with Crippen molar-refractivity contribution < 1.29 is 26.9 Å². The van der Waals surface area contributed by atoms with E-state index in [1.165, 1.54) is 60.7 Å². The van der Waals surface area contributed by atoms with Crippen LogP contribution < -0.4 is 9.50 Å². The lowest BCUT2D eigenvalue weighted by molar-refractivity contribution is -0.112. The van der Waals surface area contributed by atoms with Crippen molar-refractivity contribution in [1.29, 1.82) is 5.26 Å². The Morgan fingerprint density at radius 3 is 2.26 bits per heavy atom. The zero-order valence-electron chi connectivity index (χ0n) is 20.2. The molecule has 0 saturated heterocycles. The van der Waals surface area contributed by atoms with E-state index in [9.17, 15) is 23.3 Å². The molecule has 190 valence electrons. The van der Waals surface area contributed by atoms with Crippen molar-refractivity contribution in [3.8, 4) is 11.8 Å². The number of carbonyl (C=O) groups is 2. The number of nitrogens with zero attached hydrogens (tertiary/aromatic N) is 1. The number of nitrogens with one attached hydrogen (secondary N) is 1. The molecule has 0 aromatic heterocycles. The summed E-state index contributed by atoms with van der Waals surface area (Å²) in [5.74, 6) is -1.03. The molecule has 0 heterocycles. The van der Waals surface area contributed by atoms with Crippen LogP contribution in [0.15, 0.2) is 101 Å². The molecule has 1 N–H and O–H groups in total. The molecule has 4 aromatic rings. The van der Waals surface area contributed by atoms with Gasteiger partial charge in [0.25, 0.3) is 5.91 Å². The van der Waals surface area contributed by atoms with E-state index in [4.69, 9.17) is 8.92 Å². The highest BCUT2D eigenvalue weighted by atomic mass is 32.2. The topological polar surface area (TPSA) is 123 Å². The first-order valence-corrected chi connectivity index (χ1v) is 12.9. The lowest BCUT2D eigenvalue weighted by Crippen LogP contribution is -2.13. The van der Waals surface area contributed by atoms with Gasteiger partial charge in [-0.05, 0) is 77.9 Å². The molecule has 1 amide bonds. The van der Waals surface area contributed by atoms with E-state index in [2.05, 4.69) is 5.32 Å². The van der Waals surface area contributed by atoms with Gasteiger partial charge in [0.2, 0.25) is 0 Å². The quantitative estimate of drug-likeness (QED) is 0.142. The van der Waals surface area contributed by atoms with Gasteiger partial charge in [0.15, 0.2) is 0 Å². The molecule has 0 saturated carbocycles. The summed E-state index contributed by atoms with van der Waals surface area (Å²) in [6, 6.07) is 26.0. The lowest BCUT2D eigenvalue weighted by atomic mass is 10.1. The third-order valence-corrected chi connectivity index (χ3v) is 6.67. The van der Waals surface area contributed by atoms with Gasteiger partial charge in [0.05, 0.1) is 12.2 Å². The molecule has 38 heavy (non-hydrogen) atoms. The second kappa shape index (κ2) is 11.4. The Hall–Kier alpha value is -4.94. The molecule has 0 fully saturated rings. The highest BCUT2D eigenvalue weighted by Gasteiger charge is 2.17. The minimum absolute atomic E-state index is 0.0268. The van der Waals surface area contributed by atoms with E-state index in [1.807, 2.05) is 30.3 Å². The SMILES string of the molecule is CCOC(=O)c1ccc(NC(=O)/C(C#N)=C/c2ccc(OS(=O)(=O)c3ccc4ccccc4c3)cc2)cc1. The number of hydrogen-bond donors (Lipinski definition) is 1. The van der Waals surface area contributed by atoms with Crippen LogP contribution in [0.25, 0.3) is 16.8 Å². The molecule has 0 spiro atoms. The summed E-state index contributed by atoms with van der Waals surface area (Å²) in [6.07, 6.45) is 1.37. The number of fused-ring (bicyclic) bond motifs is 1. The zero-order valence-corrected chi connectivity index (χ0v) is 21.1. The van der Waals surface area contributed by atoms with Gasteiger partial charge in [-0.15, -0.1) is 0 Å². The van der Waals surface area contributed by atoms with E-state index in [0.717, 1.165) is 10.8 Å². The predicted molar refractivity (Wildman–Crippen MR) is 143 cm³/mol. The largest absolute Gasteiger partial charge is 0.462 e. The maximum atomic E-state index is 12.8. The van der Waals surface area contributed by atoms with Gasteiger partial charge in [-0.3, -0.25) is 4.79 Å². The number of rotatable bonds is 8. The zero-order chi connectivity index (χ0) is 27.1. The number of amides is 1. The first-order chi connectivity index (χ1) is 18.3. The molecule has 0 aliphatic rings. The third-order valence-electron chi connectivity index (χ3n) is 5.43. The van der Waals surface area contributed by atoms with E-state index < -0.39 is 22.0 Å². The van der Waals surface area contributed by atoms with Crippen LogP contribution in [0.4, 0.5) is 5.69 Å². The number of nitriles is 1. The average molecular weight is 527 g/mol. The Morgan fingerprint density at radius 2 is 1.61 bits per heavy atom. The summed E-state index contributed by atoms with van der Waals surface area (Å²) in [6.45, 7) is 1.96. The van der Waals surface area contributed by atoms with Crippen molar-refractivity contribution in [1.82, 2.24) is 0 Å². The molecule has 0 bridgehead atoms. The van der Waals surface area contributed by atoms with E-state index in [-0.39, 0.29) is 22.8 Å². The highest BCUT2D eigenvalue weighted by molar-refractivity contribution is 7.87. The molecular formula is C29H22N2O6S. The molecule has 0 aliphatic heterocycles. The second-order valence-electron chi connectivity index (χ2n) is 8.04. The Balaban J connectivity index is 1.44. The van der Waals surface area contributed by atoms with Gasteiger partial charge < -0.3 is 14.2 Å². The third kappa shape index (κ3) is 6.24. The Kier molecular flexibility index (Phi) is 7.85. The van der Waals surface area contributed by atoms with E-state index in [0.29, 0.717) is 16.8 Å². The molecule has 0 radical (unpaired) electrons. The van der Waals surface area contributed by atoms with Gasteiger partial charge in [0, 0.05) is 5.69 Å². The molecule has 9 heteroatoms. The minimum atomic E-state index is -4.07. The highest BCUT2D eigenvalue weighted by Crippen LogP contribution is 2.23. The first kappa shape index (κ1) is 26.1. The van der Waals surface area contributed by atoms with Crippen molar-refractivity contribution in [3.05, 3.63) is 108 Å². The molecule has 4 aromatic carbocycles. The average Bonchev–Trinajstić information content (AvgIpc) is 2.92. The van der Waals surface area contributed by atoms with Crippen LogP contribution in [-0.4, -0.2) is 26.9 Å². The van der Waals surface area contributed by atoms with Crippen LogP contribution in [0.5, 0.6) is 5.75 Å². The maximum Gasteiger partial charge on any atom is 0.339 e. The van der Waals surface area contributed by atoms with Gasteiger partial charge in [-0.1, -0.05) is 42.5 Å². The Labute approximate surface area is 219 Å². The van der Waals surface area contributed by atoms with Crippen LogP contribution >= 0.6 is 0 Å². The second-order valence-corrected chi connectivity index (χ2v) is 9.58. The number of carbonyl (C=O) groups excluding carboxylic acids is 2. The summed E-state index contributed by atoms with van der Waals surface area (Å²) < 4.78 is 35.7. The molecular weight excluding hydrogens is 504 g/mol. The number of esters is 1. The predicted octanol–water partition coefficient (Wildman–Crippen LogP) is 5.33. The number of benzene rings is 4. The number of ether oxygens (including phenoxy) is 1. The summed E-state index contributed by atoms with van der Waals surface area (Å²) in [5, 5.41) is 13.8. The molecule has 8 nitrogen and oxygen atoms in total.